The maximum Gasteiger partial charge on any atom is 0.244 e. The van der Waals surface area contributed by atoms with E-state index < -0.39 is 0 Å². The van der Waals surface area contributed by atoms with Crippen LogP contribution in [0.25, 0.3) is 6.08 Å². The van der Waals surface area contributed by atoms with E-state index in [0.717, 1.165) is 57.7 Å². The molecular weight excluding hydrogens is 344 g/mol. The fourth-order valence-corrected chi connectivity index (χ4v) is 3.76. The van der Waals surface area contributed by atoms with Crippen molar-refractivity contribution in [3.63, 3.8) is 0 Å². The smallest absolute Gasteiger partial charge is 0.244 e. The summed E-state index contributed by atoms with van der Waals surface area (Å²) < 4.78 is 16.0. The summed E-state index contributed by atoms with van der Waals surface area (Å²) in [6.45, 7) is 4.73. The third kappa shape index (κ3) is 5.47. The zero-order chi connectivity index (χ0) is 19.1. The van der Waals surface area contributed by atoms with E-state index in [2.05, 4.69) is 10.2 Å². The standard InChI is InChI=1S/C21H30N2O4/c1-25-19-5-3-16(13-20(19)26-2)4-6-21(24)22-14-17-7-10-23(11-8-17)18-9-12-27-15-18/h3-6,13,17-18H,7-12,14-15H2,1-2H3,(H,22,24)/b6-4+. The lowest BCUT2D eigenvalue weighted by atomic mass is 9.95. The molecule has 1 aromatic carbocycles. The van der Waals surface area contributed by atoms with E-state index in [1.807, 2.05) is 18.2 Å². The van der Waals surface area contributed by atoms with Gasteiger partial charge in [0.1, 0.15) is 0 Å². The Hall–Kier alpha value is -2.05. The number of amides is 1. The van der Waals surface area contributed by atoms with Gasteiger partial charge in [-0.2, -0.15) is 0 Å². The van der Waals surface area contributed by atoms with Crippen molar-refractivity contribution in [2.24, 2.45) is 5.92 Å². The highest BCUT2D eigenvalue weighted by Gasteiger charge is 2.27. The van der Waals surface area contributed by atoms with E-state index in [0.29, 0.717) is 23.5 Å². The molecule has 0 spiro atoms. The molecule has 0 aromatic heterocycles. The number of hydrogen-bond acceptors (Lipinski definition) is 5. The predicted octanol–water partition coefficient (Wildman–Crippen LogP) is 2.33. The Kier molecular flexibility index (Phi) is 7.12. The van der Waals surface area contributed by atoms with Crippen LogP contribution in [0, 0.1) is 5.92 Å². The molecule has 27 heavy (non-hydrogen) atoms. The second-order valence-corrected chi connectivity index (χ2v) is 7.19. The van der Waals surface area contributed by atoms with Gasteiger partial charge in [-0.15, -0.1) is 0 Å². The third-order valence-electron chi connectivity index (χ3n) is 5.47. The zero-order valence-electron chi connectivity index (χ0n) is 16.3. The Balaban J connectivity index is 1.41. The number of carbonyl (C=O) groups is 1. The molecule has 0 bridgehead atoms. The molecule has 6 heteroatoms. The molecule has 2 saturated heterocycles. The average molecular weight is 374 g/mol. The minimum Gasteiger partial charge on any atom is -0.493 e. The number of methoxy groups -OCH3 is 2. The van der Waals surface area contributed by atoms with Crippen LogP contribution in [-0.2, 0) is 9.53 Å². The molecule has 1 N–H and O–H groups in total. The van der Waals surface area contributed by atoms with Crippen LogP contribution in [0.2, 0.25) is 0 Å². The molecule has 1 amide bonds. The van der Waals surface area contributed by atoms with Crippen molar-refractivity contribution >= 4 is 12.0 Å². The van der Waals surface area contributed by atoms with E-state index in [1.165, 1.54) is 0 Å². The van der Waals surface area contributed by atoms with Crippen LogP contribution < -0.4 is 14.8 Å². The highest BCUT2D eigenvalue weighted by molar-refractivity contribution is 5.91. The summed E-state index contributed by atoms with van der Waals surface area (Å²) >= 11 is 0. The molecular formula is C21H30N2O4. The fraction of sp³-hybridized carbons (Fsp3) is 0.571. The largest absolute Gasteiger partial charge is 0.493 e. The summed E-state index contributed by atoms with van der Waals surface area (Å²) in [7, 11) is 3.20. The number of nitrogens with one attached hydrogen (secondary N) is 1. The highest BCUT2D eigenvalue weighted by atomic mass is 16.5. The number of carbonyl (C=O) groups excluding carboxylic acids is 1. The van der Waals surface area contributed by atoms with Crippen molar-refractivity contribution < 1.29 is 19.0 Å². The van der Waals surface area contributed by atoms with E-state index in [1.54, 1.807) is 26.4 Å². The van der Waals surface area contributed by atoms with Gasteiger partial charge < -0.3 is 19.5 Å². The van der Waals surface area contributed by atoms with Crippen LogP contribution in [0.15, 0.2) is 24.3 Å². The summed E-state index contributed by atoms with van der Waals surface area (Å²) in [5.41, 5.74) is 0.898. The predicted molar refractivity (Wildman–Crippen MR) is 105 cm³/mol. The summed E-state index contributed by atoms with van der Waals surface area (Å²) in [4.78, 5) is 14.7. The van der Waals surface area contributed by atoms with Gasteiger partial charge in [0.25, 0.3) is 0 Å². The van der Waals surface area contributed by atoms with E-state index in [9.17, 15) is 4.79 Å². The minimum atomic E-state index is -0.0589. The normalized spacial score (nSPS) is 21.5. The van der Waals surface area contributed by atoms with Gasteiger partial charge in [-0.1, -0.05) is 6.07 Å². The van der Waals surface area contributed by atoms with E-state index >= 15 is 0 Å². The maximum atomic E-state index is 12.1. The maximum absolute atomic E-state index is 12.1. The van der Waals surface area contributed by atoms with Crippen molar-refractivity contribution in [3.05, 3.63) is 29.8 Å². The number of ether oxygens (including phenoxy) is 3. The zero-order valence-corrected chi connectivity index (χ0v) is 16.3. The van der Waals surface area contributed by atoms with Gasteiger partial charge in [-0.05, 0) is 62.0 Å². The van der Waals surface area contributed by atoms with Gasteiger partial charge in [0.15, 0.2) is 11.5 Å². The summed E-state index contributed by atoms with van der Waals surface area (Å²) in [6.07, 6.45) is 6.79. The lowest BCUT2D eigenvalue weighted by Crippen LogP contribution is -2.43. The first-order chi connectivity index (χ1) is 13.2. The molecule has 3 rings (SSSR count). The lowest BCUT2D eigenvalue weighted by molar-refractivity contribution is -0.116. The van der Waals surface area contributed by atoms with Crippen molar-refractivity contribution in [1.29, 1.82) is 0 Å². The Morgan fingerprint density at radius 1 is 1.22 bits per heavy atom. The number of likely N-dealkylation sites (tertiary alicyclic amines) is 1. The quantitative estimate of drug-likeness (QED) is 0.743. The van der Waals surface area contributed by atoms with Crippen LogP contribution in [0.4, 0.5) is 0 Å². The molecule has 2 aliphatic heterocycles. The van der Waals surface area contributed by atoms with Gasteiger partial charge in [0.05, 0.1) is 20.8 Å². The van der Waals surface area contributed by atoms with Crippen LogP contribution in [0.5, 0.6) is 11.5 Å². The molecule has 2 aliphatic rings. The average Bonchev–Trinajstić information content (AvgIpc) is 3.25. The lowest BCUT2D eigenvalue weighted by Gasteiger charge is -2.35. The molecule has 2 fully saturated rings. The van der Waals surface area contributed by atoms with E-state index in [-0.39, 0.29) is 5.91 Å². The molecule has 1 unspecified atom stereocenters. The van der Waals surface area contributed by atoms with Crippen LogP contribution >= 0.6 is 0 Å². The fourth-order valence-electron chi connectivity index (χ4n) is 3.76. The molecule has 0 aliphatic carbocycles. The van der Waals surface area contributed by atoms with Crippen molar-refractivity contribution in [2.45, 2.75) is 25.3 Å². The van der Waals surface area contributed by atoms with Gasteiger partial charge in [0, 0.05) is 25.3 Å². The molecule has 6 nitrogen and oxygen atoms in total. The Morgan fingerprint density at radius 3 is 2.67 bits per heavy atom. The summed E-state index contributed by atoms with van der Waals surface area (Å²) in [6, 6.07) is 6.18. The second kappa shape index (κ2) is 9.76. The van der Waals surface area contributed by atoms with E-state index in [4.69, 9.17) is 14.2 Å². The Labute approximate surface area is 161 Å². The highest BCUT2D eigenvalue weighted by Crippen LogP contribution is 2.28. The van der Waals surface area contributed by atoms with Gasteiger partial charge in [0.2, 0.25) is 5.91 Å². The monoisotopic (exact) mass is 374 g/mol. The first-order valence-electron chi connectivity index (χ1n) is 9.69. The molecule has 1 atom stereocenters. The number of nitrogens with zero attached hydrogens (tertiary/aromatic N) is 1. The Morgan fingerprint density at radius 2 is 2.00 bits per heavy atom. The third-order valence-corrected chi connectivity index (χ3v) is 5.47. The molecule has 0 radical (unpaired) electrons. The summed E-state index contributed by atoms with van der Waals surface area (Å²) in [5.74, 6) is 1.83. The first kappa shape index (κ1) is 19.7. The number of piperidine rings is 1. The number of rotatable bonds is 7. The number of benzene rings is 1. The van der Waals surface area contributed by atoms with Gasteiger partial charge >= 0.3 is 0 Å². The topological polar surface area (TPSA) is 60.0 Å². The number of hydrogen-bond donors (Lipinski definition) is 1. The van der Waals surface area contributed by atoms with Crippen molar-refractivity contribution in [2.75, 3.05) is 47.1 Å². The van der Waals surface area contributed by atoms with Crippen LogP contribution in [-0.4, -0.2) is 63.9 Å². The van der Waals surface area contributed by atoms with Gasteiger partial charge in [-0.3, -0.25) is 9.69 Å². The second-order valence-electron chi connectivity index (χ2n) is 7.19. The summed E-state index contributed by atoms with van der Waals surface area (Å²) in [5, 5.41) is 3.03. The molecule has 148 valence electrons. The van der Waals surface area contributed by atoms with Crippen LogP contribution in [0.3, 0.4) is 0 Å². The first-order valence-corrected chi connectivity index (χ1v) is 9.69. The van der Waals surface area contributed by atoms with Crippen molar-refractivity contribution in [3.8, 4) is 11.5 Å². The molecule has 0 saturated carbocycles. The molecule has 2 heterocycles. The minimum absolute atomic E-state index is 0.0589. The molecule has 1 aromatic rings. The Bertz CT molecular complexity index is 648. The van der Waals surface area contributed by atoms with Gasteiger partial charge in [-0.25, -0.2) is 0 Å². The van der Waals surface area contributed by atoms with Crippen molar-refractivity contribution in [1.82, 2.24) is 10.2 Å². The SMILES string of the molecule is COc1ccc(/C=C/C(=O)NCC2CCN(C3CCOC3)CC2)cc1OC. The van der Waals surface area contributed by atoms with Crippen LogP contribution in [0.1, 0.15) is 24.8 Å².